The van der Waals surface area contributed by atoms with Gasteiger partial charge in [-0.15, -0.1) is 0 Å². The van der Waals surface area contributed by atoms with Gasteiger partial charge in [0.05, 0.1) is 18.5 Å². The van der Waals surface area contributed by atoms with Crippen LogP contribution in [0, 0.1) is 0 Å². The van der Waals surface area contributed by atoms with Crippen molar-refractivity contribution in [2.45, 2.75) is 19.4 Å². The number of carbonyl (C=O) groups excluding carboxylic acids is 1. The minimum atomic E-state index is 0.0440. The fourth-order valence-electron chi connectivity index (χ4n) is 3.89. The van der Waals surface area contributed by atoms with Crippen LogP contribution >= 0.6 is 0 Å². The summed E-state index contributed by atoms with van der Waals surface area (Å²) >= 11 is 0. The molecule has 1 amide bonds. The lowest BCUT2D eigenvalue weighted by atomic mass is 10.0. The molecule has 0 unspecified atom stereocenters. The number of rotatable bonds is 9. The maximum absolute atomic E-state index is 12.9. The van der Waals surface area contributed by atoms with Crippen LogP contribution < -0.4 is 5.32 Å². The van der Waals surface area contributed by atoms with E-state index in [-0.39, 0.29) is 5.91 Å². The molecule has 1 aromatic heterocycles. The molecule has 0 aliphatic carbocycles. The Hall–Kier alpha value is -3.51. The molecule has 1 heterocycles. The second-order valence-electron chi connectivity index (χ2n) is 8.70. The molecule has 0 bridgehead atoms. The number of hydrogen-bond acceptors (Lipinski definition) is 5. The van der Waals surface area contributed by atoms with Crippen molar-refractivity contribution in [1.29, 1.82) is 0 Å². The summed E-state index contributed by atoms with van der Waals surface area (Å²) in [5.74, 6) is 1.51. The lowest BCUT2D eigenvalue weighted by molar-refractivity contribution is -0.129. The minimum absolute atomic E-state index is 0.0440. The van der Waals surface area contributed by atoms with E-state index < -0.39 is 0 Å². The average Bonchev–Trinajstić information content (AvgIpc) is 2.81. The van der Waals surface area contributed by atoms with Crippen molar-refractivity contribution in [2.24, 2.45) is 0 Å². The van der Waals surface area contributed by atoms with Crippen molar-refractivity contribution in [3.8, 4) is 0 Å². The Morgan fingerprint density at radius 3 is 2.48 bits per heavy atom. The highest BCUT2D eigenvalue weighted by Gasteiger charge is 2.14. The Morgan fingerprint density at radius 1 is 0.909 bits per heavy atom. The predicted molar refractivity (Wildman–Crippen MR) is 135 cm³/mol. The molecule has 0 fully saturated rings. The molecule has 0 aliphatic heterocycles. The van der Waals surface area contributed by atoms with Crippen LogP contribution in [0.5, 0.6) is 0 Å². The number of nitrogens with one attached hydrogen (secondary N) is 1. The van der Waals surface area contributed by atoms with Gasteiger partial charge >= 0.3 is 0 Å². The first-order chi connectivity index (χ1) is 16.0. The molecule has 3 aromatic carbocycles. The Balaban J connectivity index is 1.46. The van der Waals surface area contributed by atoms with Crippen molar-refractivity contribution < 1.29 is 4.79 Å². The predicted octanol–water partition coefficient (Wildman–Crippen LogP) is 4.35. The number of nitrogens with zero attached hydrogens (tertiary/aromatic N) is 4. The topological polar surface area (TPSA) is 61.4 Å². The van der Waals surface area contributed by atoms with Crippen LogP contribution in [0.1, 0.15) is 17.8 Å². The van der Waals surface area contributed by atoms with Crippen LogP contribution in [0.3, 0.4) is 0 Å². The molecular formula is C27H31N5O. The van der Waals surface area contributed by atoms with E-state index in [9.17, 15) is 4.79 Å². The summed E-state index contributed by atoms with van der Waals surface area (Å²) in [6.45, 7) is 2.20. The largest absolute Gasteiger partial charge is 0.369 e. The summed E-state index contributed by atoms with van der Waals surface area (Å²) < 4.78 is 0. The SMILES string of the molecule is CN(C)CCCNc1nc(CN(C)C(=O)Cc2ccc3ccccc3c2)nc2ccccc12. The Labute approximate surface area is 195 Å². The van der Waals surface area contributed by atoms with E-state index in [1.165, 1.54) is 5.39 Å². The molecule has 6 nitrogen and oxygen atoms in total. The lowest BCUT2D eigenvalue weighted by Crippen LogP contribution is -2.28. The van der Waals surface area contributed by atoms with Crippen LogP contribution in [0.15, 0.2) is 66.7 Å². The van der Waals surface area contributed by atoms with Gasteiger partial charge in [0.1, 0.15) is 5.82 Å². The Kier molecular flexibility index (Phi) is 7.15. The molecule has 0 saturated carbocycles. The molecular weight excluding hydrogens is 410 g/mol. The molecule has 0 radical (unpaired) electrons. The van der Waals surface area contributed by atoms with Crippen LogP contribution in [0.4, 0.5) is 5.82 Å². The summed E-state index contributed by atoms with van der Waals surface area (Å²) in [5.41, 5.74) is 1.89. The third-order valence-electron chi connectivity index (χ3n) is 5.70. The standard InChI is InChI=1S/C27H31N5O/c1-31(2)16-8-15-28-27-23-11-6-7-12-24(23)29-25(30-27)19-32(3)26(33)18-20-13-14-21-9-4-5-10-22(21)17-20/h4-7,9-14,17H,8,15-16,18-19H2,1-3H3,(H,28,29,30). The number of carbonyl (C=O) groups is 1. The number of para-hydroxylation sites is 1. The molecule has 1 N–H and O–H groups in total. The zero-order valence-corrected chi connectivity index (χ0v) is 19.6. The van der Waals surface area contributed by atoms with Gasteiger partial charge in [-0.25, -0.2) is 9.97 Å². The van der Waals surface area contributed by atoms with Gasteiger partial charge in [-0.3, -0.25) is 4.79 Å². The van der Waals surface area contributed by atoms with Crippen molar-refractivity contribution in [3.05, 3.63) is 78.1 Å². The van der Waals surface area contributed by atoms with Crippen LogP contribution in [-0.2, 0) is 17.8 Å². The van der Waals surface area contributed by atoms with E-state index >= 15 is 0 Å². The van der Waals surface area contributed by atoms with Gasteiger partial charge in [0, 0.05) is 19.0 Å². The molecule has 0 saturated heterocycles. The monoisotopic (exact) mass is 441 g/mol. The fraction of sp³-hybridized carbons (Fsp3) is 0.296. The van der Waals surface area contributed by atoms with Crippen molar-refractivity contribution >= 4 is 33.4 Å². The average molecular weight is 442 g/mol. The number of fused-ring (bicyclic) bond motifs is 2. The third-order valence-corrected chi connectivity index (χ3v) is 5.70. The highest BCUT2D eigenvalue weighted by molar-refractivity contribution is 5.89. The summed E-state index contributed by atoms with van der Waals surface area (Å²) in [6.07, 6.45) is 1.37. The first-order valence-electron chi connectivity index (χ1n) is 11.4. The zero-order valence-electron chi connectivity index (χ0n) is 19.6. The quantitative estimate of drug-likeness (QED) is 0.391. The summed E-state index contributed by atoms with van der Waals surface area (Å²) in [5, 5.41) is 6.78. The van der Waals surface area contributed by atoms with E-state index in [1.807, 2.05) is 49.5 Å². The summed E-state index contributed by atoms with van der Waals surface area (Å²) in [7, 11) is 5.96. The van der Waals surface area contributed by atoms with Gasteiger partial charge in [0.2, 0.25) is 5.91 Å². The number of amides is 1. The molecule has 170 valence electrons. The van der Waals surface area contributed by atoms with E-state index in [4.69, 9.17) is 9.97 Å². The third kappa shape index (κ3) is 5.84. The number of hydrogen-bond donors (Lipinski definition) is 1. The molecule has 0 aliphatic rings. The second-order valence-corrected chi connectivity index (χ2v) is 8.70. The van der Waals surface area contributed by atoms with Crippen molar-refractivity contribution in [3.63, 3.8) is 0 Å². The molecule has 33 heavy (non-hydrogen) atoms. The maximum atomic E-state index is 12.9. The summed E-state index contributed by atoms with van der Waals surface area (Å²) in [4.78, 5) is 26.3. The molecule has 6 heteroatoms. The summed E-state index contributed by atoms with van der Waals surface area (Å²) in [6, 6.07) is 22.4. The first-order valence-corrected chi connectivity index (χ1v) is 11.4. The van der Waals surface area contributed by atoms with Gasteiger partial charge in [-0.1, -0.05) is 54.6 Å². The Morgan fingerprint density at radius 2 is 1.67 bits per heavy atom. The number of anilines is 1. The van der Waals surface area contributed by atoms with E-state index in [0.29, 0.717) is 18.8 Å². The number of likely N-dealkylation sites (N-methyl/N-ethyl adjacent to an activating group) is 1. The maximum Gasteiger partial charge on any atom is 0.227 e. The van der Waals surface area contributed by atoms with Gasteiger partial charge in [0.15, 0.2) is 5.82 Å². The van der Waals surface area contributed by atoms with Crippen molar-refractivity contribution in [1.82, 2.24) is 19.8 Å². The lowest BCUT2D eigenvalue weighted by Gasteiger charge is -2.18. The molecule has 0 spiro atoms. The van der Waals surface area contributed by atoms with Crippen LogP contribution in [0.25, 0.3) is 21.7 Å². The van der Waals surface area contributed by atoms with Crippen LogP contribution in [0.2, 0.25) is 0 Å². The second kappa shape index (κ2) is 10.4. The highest BCUT2D eigenvalue weighted by atomic mass is 16.2. The fourth-order valence-corrected chi connectivity index (χ4v) is 3.89. The molecule has 4 aromatic rings. The first kappa shape index (κ1) is 22.7. The van der Waals surface area contributed by atoms with Gasteiger partial charge in [-0.2, -0.15) is 0 Å². The normalized spacial score (nSPS) is 11.3. The van der Waals surface area contributed by atoms with E-state index in [1.54, 1.807) is 4.90 Å². The van der Waals surface area contributed by atoms with Gasteiger partial charge in [0.25, 0.3) is 0 Å². The zero-order chi connectivity index (χ0) is 23.2. The highest BCUT2D eigenvalue weighted by Crippen LogP contribution is 2.21. The van der Waals surface area contributed by atoms with E-state index in [0.717, 1.165) is 47.2 Å². The smallest absolute Gasteiger partial charge is 0.227 e. The number of benzene rings is 3. The number of aromatic nitrogens is 2. The van der Waals surface area contributed by atoms with E-state index in [2.05, 4.69) is 48.6 Å². The molecule has 0 atom stereocenters. The molecule has 4 rings (SSSR count). The minimum Gasteiger partial charge on any atom is -0.369 e. The van der Waals surface area contributed by atoms with Crippen LogP contribution in [-0.4, -0.2) is 59.9 Å². The Bertz CT molecular complexity index is 1250. The van der Waals surface area contributed by atoms with Gasteiger partial charge in [-0.05, 0) is 55.5 Å². The van der Waals surface area contributed by atoms with Crippen molar-refractivity contribution in [2.75, 3.05) is 39.5 Å². The van der Waals surface area contributed by atoms with Gasteiger partial charge < -0.3 is 15.1 Å².